The average Bonchev–Trinajstić information content (AvgIpc) is 2.31. The molecule has 1 heterocycles. The van der Waals surface area contributed by atoms with Crippen molar-refractivity contribution in [2.24, 2.45) is 0 Å². The van der Waals surface area contributed by atoms with Crippen LogP contribution in [0.25, 0.3) is 0 Å². The number of hydrogen-bond acceptors (Lipinski definition) is 6. The van der Waals surface area contributed by atoms with Crippen LogP contribution < -0.4 is 10.5 Å². The molecule has 2 aromatic rings. The van der Waals surface area contributed by atoms with Gasteiger partial charge >= 0.3 is 0 Å². The third-order valence-corrected chi connectivity index (χ3v) is 2.63. The van der Waals surface area contributed by atoms with E-state index >= 15 is 0 Å². The Morgan fingerprint density at radius 1 is 1.39 bits per heavy atom. The van der Waals surface area contributed by atoms with Crippen molar-refractivity contribution in [2.45, 2.75) is 0 Å². The Labute approximate surface area is 110 Å². The largest absolute Gasteiger partial charge is 0.436 e. The maximum Gasteiger partial charge on any atom is 0.273 e. The SMILES string of the molecule is Nc1cncc(Oc2cc([N+](=O)[O-])ccc2Br)n1. The molecule has 0 saturated carbocycles. The number of non-ortho nitro benzene ring substituents is 1. The van der Waals surface area contributed by atoms with Gasteiger partial charge in [-0.15, -0.1) is 0 Å². The number of nitrogens with two attached hydrogens (primary N) is 1. The lowest BCUT2D eigenvalue weighted by Gasteiger charge is -2.06. The lowest BCUT2D eigenvalue weighted by Crippen LogP contribution is -1.96. The highest BCUT2D eigenvalue weighted by atomic mass is 79.9. The first-order valence-corrected chi connectivity index (χ1v) is 5.55. The van der Waals surface area contributed by atoms with Crippen LogP contribution in [-0.4, -0.2) is 14.9 Å². The molecule has 92 valence electrons. The second kappa shape index (κ2) is 4.96. The first kappa shape index (κ1) is 12.2. The number of nitrogens with zero attached hydrogens (tertiary/aromatic N) is 3. The van der Waals surface area contributed by atoms with E-state index in [1.165, 1.54) is 30.6 Å². The standard InChI is InChI=1S/C10H7BrN4O3/c11-7-2-1-6(15(16)17)3-8(7)18-10-5-13-4-9(12)14-10/h1-5H,(H2,12,14). The van der Waals surface area contributed by atoms with Gasteiger partial charge in [-0.1, -0.05) is 0 Å². The van der Waals surface area contributed by atoms with Crippen molar-refractivity contribution in [3.8, 4) is 11.6 Å². The van der Waals surface area contributed by atoms with Crippen molar-refractivity contribution >= 4 is 27.4 Å². The molecule has 0 unspecified atom stereocenters. The van der Waals surface area contributed by atoms with Gasteiger partial charge in [0.25, 0.3) is 5.69 Å². The fourth-order valence-corrected chi connectivity index (χ4v) is 1.54. The van der Waals surface area contributed by atoms with Gasteiger partial charge in [-0.2, -0.15) is 4.98 Å². The highest BCUT2D eigenvalue weighted by Gasteiger charge is 2.11. The van der Waals surface area contributed by atoms with E-state index in [4.69, 9.17) is 10.5 Å². The molecule has 1 aromatic carbocycles. The van der Waals surface area contributed by atoms with E-state index in [0.29, 0.717) is 4.47 Å². The molecule has 18 heavy (non-hydrogen) atoms. The number of nitrogen functional groups attached to an aromatic ring is 1. The Kier molecular flexibility index (Phi) is 3.38. The van der Waals surface area contributed by atoms with Crippen LogP contribution >= 0.6 is 15.9 Å². The Hall–Kier alpha value is -2.22. The van der Waals surface area contributed by atoms with E-state index in [2.05, 4.69) is 25.9 Å². The van der Waals surface area contributed by atoms with E-state index in [0.717, 1.165) is 0 Å². The fraction of sp³-hybridized carbons (Fsp3) is 0. The summed E-state index contributed by atoms with van der Waals surface area (Å²) in [6, 6.07) is 4.17. The molecule has 0 spiro atoms. The number of benzene rings is 1. The Balaban J connectivity index is 2.33. The zero-order valence-electron chi connectivity index (χ0n) is 8.91. The first-order chi connectivity index (χ1) is 8.56. The zero-order chi connectivity index (χ0) is 13.1. The Morgan fingerprint density at radius 3 is 2.83 bits per heavy atom. The van der Waals surface area contributed by atoms with Crippen molar-refractivity contribution in [2.75, 3.05) is 5.73 Å². The number of nitro groups is 1. The molecule has 0 aliphatic carbocycles. The summed E-state index contributed by atoms with van der Waals surface area (Å²) in [7, 11) is 0. The third-order valence-electron chi connectivity index (χ3n) is 1.97. The highest BCUT2D eigenvalue weighted by Crippen LogP contribution is 2.32. The molecule has 0 amide bonds. The van der Waals surface area contributed by atoms with Gasteiger partial charge in [0.2, 0.25) is 5.88 Å². The number of rotatable bonds is 3. The zero-order valence-corrected chi connectivity index (χ0v) is 10.5. The van der Waals surface area contributed by atoms with Gasteiger partial charge in [-0.3, -0.25) is 15.1 Å². The van der Waals surface area contributed by atoms with Crippen LogP contribution in [0.15, 0.2) is 35.1 Å². The predicted octanol–water partition coefficient (Wildman–Crippen LogP) is 2.52. The summed E-state index contributed by atoms with van der Waals surface area (Å²) in [6.45, 7) is 0. The molecule has 0 atom stereocenters. The molecule has 0 aliphatic heterocycles. The molecule has 7 nitrogen and oxygen atoms in total. The molecule has 2 rings (SSSR count). The Morgan fingerprint density at radius 2 is 2.17 bits per heavy atom. The van der Waals surface area contributed by atoms with Gasteiger partial charge in [-0.05, 0) is 22.0 Å². The summed E-state index contributed by atoms with van der Waals surface area (Å²) in [5.74, 6) is 0.634. The lowest BCUT2D eigenvalue weighted by molar-refractivity contribution is -0.384. The molecular formula is C10H7BrN4O3. The van der Waals surface area contributed by atoms with Gasteiger partial charge in [0, 0.05) is 6.07 Å². The topological polar surface area (TPSA) is 104 Å². The van der Waals surface area contributed by atoms with Gasteiger partial charge in [0.1, 0.15) is 5.82 Å². The molecule has 8 heteroatoms. The average molecular weight is 311 g/mol. The number of aromatic nitrogens is 2. The monoisotopic (exact) mass is 310 g/mol. The number of nitro benzene ring substituents is 1. The van der Waals surface area contributed by atoms with Crippen LogP contribution in [0.5, 0.6) is 11.6 Å². The number of anilines is 1. The summed E-state index contributed by atoms with van der Waals surface area (Å²) in [4.78, 5) is 17.8. The molecule has 0 saturated heterocycles. The second-order valence-corrected chi connectivity index (χ2v) is 4.11. The summed E-state index contributed by atoms with van der Waals surface area (Å²) in [5.41, 5.74) is 5.38. The number of hydrogen-bond donors (Lipinski definition) is 1. The Bertz CT molecular complexity index is 605. The van der Waals surface area contributed by atoms with Gasteiger partial charge in [0.15, 0.2) is 5.75 Å². The molecule has 1 aromatic heterocycles. The van der Waals surface area contributed by atoms with Gasteiger partial charge in [-0.25, -0.2) is 0 Å². The third kappa shape index (κ3) is 2.72. The molecule has 2 N–H and O–H groups in total. The summed E-state index contributed by atoms with van der Waals surface area (Å²) in [6.07, 6.45) is 2.73. The van der Waals surface area contributed by atoms with E-state index < -0.39 is 4.92 Å². The van der Waals surface area contributed by atoms with Crippen molar-refractivity contribution in [1.82, 2.24) is 9.97 Å². The van der Waals surface area contributed by atoms with Crippen LogP contribution in [0.3, 0.4) is 0 Å². The van der Waals surface area contributed by atoms with E-state index in [-0.39, 0.29) is 23.1 Å². The van der Waals surface area contributed by atoms with Gasteiger partial charge < -0.3 is 10.5 Å². The smallest absolute Gasteiger partial charge is 0.273 e. The highest BCUT2D eigenvalue weighted by molar-refractivity contribution is 9.10. The first-order valence-electron chi connectivity index (χ1n) is 4.75. The fourth-order valence-electron chi connectivity index (χ4n) is 1.21. The summed E-state index contributed by atoms with van der Waals surface area (Å²) >= 11 is 3.23. The van der Waals surface area contributed by atoms with Crippen LogP contribution in [0, 0.1) is 10.1 Å². The van der Waals surface area contributed by atoms with Crippen molar-refractivity contribution in [1.29, 1.82) is 0 Å². The molecule has 0 bridgehead atoms. The number of ether oxygens (including phenoxy) is 1. The maximum atomic E-state index is 10.7. The van der Waals surface area contributed by atoms with Crippen LogP contribution in [-0.2, 0) is 0 Å². The predicted molar refractivity (Wildman–Crippen MR) is 67.3 cm³/mol. The lowest BCUT2D eigenvalue weighted by atomic mass is 10.3. The molecule has 0 fully saturated rings. The normalized spacial score (nSPS) is 10.1. The summed E-state index contributed by atoms with van der Waals surface area (Å²) in [5, 5.41) is 10.7. The van der Waals surface area contributed by atoms with E-state index in [9.17, 15) is 10.1 Å². The minimum atomic E-state index is -0.510. The molecular weight excluding hydrogens is 304 g/mol. The minimum Gasteiger partial charge on any atom is -0.436 e. The number of halogens is 1. The minimum absolute atomic E-state index is 0.0786. The second-order valence-electron chi connectivity index (χ2n) is 3.26. The quantitative estimate of drug-likeness (QED) is 0.690. The van der Waals surface area contributed by atoms with Crippen LogP contribution in [0.1, 0.15) is 0 Å². The summed E-state index contributed by atoms with van der Waals surface area (Å²) < 4.78 is 5.94. The van der Waals surface area contributed by atoms with E-state index in [1.807, 2.05) is 0 Å². The van der Waals surface area contributed by atoms with Crippen molar-refractivity contribution in [3.05, 3.63) is 45.2 Å². The van der Waals surface area contributed by atoms with Gasteiger partial charge in [0.05, 0.1) is 27.9 Å². The van der Waals surface area contributed by atoms with Crippen LogP contribution in [0.2, 0.25) is 0 Å². The van der Waals surface area contributed by atoms with Crippen LogP contribution in [0.4, 0.5) is 11.5 Å². The van der Waals surface area contributed by atoms with E-state index in [1.54, 1.807) is 0 Å². The molecule has 0 aliphatic rings. The van der Waals surface area contributed by atoms with Crippen molar-refractivity contribution in [3.63, 3.8) is 0 Å². The maximum absolute atomic E-state index is 10.7. The molecule has 0 radical (unpaired) electrons. The van der Waals surface area contributed by atoms with Crippen molar-refractivity contribution < 1.29 is 9.66 Å².